The molecule has 0 spiro atoms. The van der Waals surface area contributed by atoms with E-state index in [1.165, 1.54) is 4.90 Å². The summed E-state index contributed by atoms with van der Waals surface area (Å²) in [6.07, 6.45) is -0.341. The van der Waals surface area contributed by atoms with Crippen molar-refractivity contribution in [3.63, 3.8) is 0 Å². The fourth-order valence-corrected chi connectivity index (χ4v) is 4.08. The molecule has 0 aliphatic carbocycles. The number of nitrogens with zero attached hydrogens (tertiary/aromatic N) is 2. The summed E-state index contributed by atoms with van der Waals surface area (Å²) in [5.41, 5.74) is 1.56. The lowest BCUT2D eigenvalue weighted by Crippen LogP contribution is -2.47. The Balaban J connectivity index is 1.65. The number of benzene rings is 2. The summed E-state index contributed by atoms with van der Waals surface area (Å²) in [5.74, 6) is -0.269. The third-order valence-corrected chi connectivity index (χ3v) is 5.64. The first-order valence-corrected chi connectivity index (χ1v) is 10.2. The molecule has 2 heterocycles. The lowest BCUT2D eigenvalue weighted by atomic mass is 10.1. The van der Waals surface area contributed by atoms with Crippen LogP contribution in [0.2, 0.25) is 0 Å². The molecule has 8 nitrogen and oxygen atoms in total. The number of carboxylic acid groups (broad SMARTS) is 1. The van der Waals surface area contributed by atoms with Gasteiger partial charge in [-0.15, -0.1) is 0 Å². The summed E-state index contributed by atoms with van der Waals surface area (Å²) in [6.45, 7) is 0.571. The van der Waals surface area contributed by atoms with Gasteiger partial charge in [0.15, 0.2) is 0 Å². The molecule has 1 saturated heterocycles. The number of aliphatic carboxylic acids is 1. The van der Waals surface area contributed by atoms with Gasteiger partial charge in [0.25, 0.3) is 0 Å². The number of fused-ring (bicyclic) bond motifs is 3. The third kappa shape index (κ3) is 4.33. The van der Waals surface area contributed by atoms with Gasteiger partial charge >= 0.3 is 5.97 Å². The van der Waals surface area contributed by atoms with Crippen LogP contribution in [0.5, 0.6) is 11.5 Å². The second-order valence-electron chi connectivity index (χ2n) is 7.67. The van der Waals surface area contributed by atoms with E-state index in [-0.39, 0.29) is 37.3 Å². The molecule has 2 aliphatic heterocycles. The molecule has 2 bridgehead atoms. The first-order valence-electron chi connectivity index (χ1n) is 10.2. The molecule has 162 valence electrons. The maximum absolute atomic E-state index is 13.6. The number of rotatable bonds is 6. The van der Waals surface area contributed by atoms with Crippen LogP contribution in [0, 0.1) is 0 Å². The number of likely N-dealkylation sites (tertiary alicyclic amines) is 1. The molecule has 1 fully saturated rings. The van der Waals surface area contributed by atoms with Crippen LogP contribution in [-0.4, -0.2) is 53.6 Å². The Bertz CT molecular complexity index is 990. The van der Waals surface area contributed by atoms with Crippen LogP contribution in [0.1, 0.15) is 24.8 Å². The summed E-state index contributed by atoms with van der Waals surface area (Å²) in [4.78, 5) is 40.3. The van der Waals surface area contributed by atoms with Crippen molar-refractivity contribution in [1.29, 1.82) is 0 Å². The Morgan fingerprint density at radius 3 is 2.58 bits per heavy atom. The molecule has 2 amide bonds. The van der Waals surface area contributed by atoms with Gasteiger partial charge in [-0.25, -0.2) is 0 Å². The maximum atomic E-state index is 13.6. The van der Waals surface area contributed by atoms with E-state index >= 15 is 0 Å². The highest BCUT2D eigenvalue weighted by molar-refractivity contribution is 6.01. The van der Waals surface area contributed by atoms with Gasteiger partial charge in [-0.05, 0) is 29.8 Å². The minimum atomic E-state index is -1.04. The zero-order chi connectivity index (χ0) is 22.0. The van der Waals surface area contributed by atoms with Crippen LogP contribution in [-0.2, 0) is 20.9 Å². The predicted molar refractivity (Wildman–Crippen MR) is 112 cm³/mol. The average molecular weight is 424 g/mol. The molecule has 2 atom stereocenters. The van der Waals surface area contributed by atoms with Gasteiger partial charge in [-0.2, -0.15) is 0 Å². The summed E-state index contributed by atoms with van der Waals surface area (Å²) in [7, 11) is 1.59. The monoisotopic (exact) mass is 424 g/mol. The second kappa shape index (κ2) is 8.67. The first-order chi connectivity index (χ1) is 15.0. The van der Waals surface area contributed by atoms with E-state index in [4.69, 9.17) is 14.6 Å². The van der Waals surface area contributed by atoms with E-state index in [2.05, 4.69) is 0 Å². The number of anilines is 1. The van der Waals surface area contributed by atoms with E-state index in [1.807, 2.05) is 48.5 Å². The lowest BCUT2D eigenvalue weighted by Gasteiger charge is -2.32. The Morgan fingerprint density at radius 2 is 1.87 bits per heavy atom. The van der Waals surface area contributed by atoms with Crippen LogP contribution in [0.4, 0.5) is 5.69 Å². The Kier molecular flexibility index (Phi) is 5.79. The molecular weight excluding hydrogens is 400 g/mol. The van der Waals surface area contributed by atoms with E-state index in [1.54, 1.807) is 12.0 Å². The highest BCUT2D eigenvalue weighted by atomic mass is 16.5. The molecule has 2 aliphatic rings. The van der Waals surface area contributed by atoms with Gasteiger partial charge in [0.05, 0.1) is 32.3 Å². The number of carboxylic acids is 1. The highest BCUT2D eigenvalue weighted by Crippen LogP contribution is 2.37. The largest absolute Gasteiger partial charge is 0.497 e. The fraction of sp³-hybridized carbons (Fsp3) is 0.348. The van der Waals surface area contributed by atoms with Crippen LogP contribution >= 0.6 is 0 Å². The molecule has 31 heavy (non-hydrogen) atoms. The zero-order valence-electron chi connectivity index (χ0n) is 17.2. The van der Waals surface area contributed by atoms with Crippen molar-refractivity contribution in [2.45, 2.75) is 38.0 Å². The summed E-state index contributed by atoms with van der Waals surface area (Å²) >= 11 is 0. The van der Waals surface area contributed by atoms with Gasteiger partial charge < -0.3 is 24.4 Å². The van der Waals surface area contributed by atoms with Crippen molar-refractivity contribution >= 4 is 23.5 Å². The summed E-state index contributed by atoms with van der Waals surface area (Å²) < 4.78 is 11.4. The lowest BCUT2D eigenvalue weighted by molar-refractivity contribution is -0.142. The molecule has 2 aromatic rings. The topological polar surface area (TPSA) is 96.4 Å². The van der Waals surface area contributed by atoms with Crippen LogP contribution in [0.25, 0.3) is 0 Å². The molecule has 0 saturated carbocycles. The van der Waals surface area contributed by atoms with Crippen LogP contribution in [0.15, 0.2) is 48.5 Å². The standard InChI is InChI=1S/C23H24N2O6/c1-30-16-8-6-15(7-9-16)13-25-18-4-2-3-5-20(18)31-17-12-19(23(25)29)24(14-17)21(26)10-11-22(27)28/h2-9,17,19H,10-14H2,1H3,(H,27,28). The Labute approximate surface area is 180 Å². The zero-order valence-corrected chi connectivity index (χ0v) is 17.2. The van der Waals surface area contributed by atoms with Crippen molar-refractivity contribution in [3.8, 4) is 11.5 Å². The van der Waals surface area contributed by atoms with Crippen LogP contribution < -0.4 is 14.4 Å². The number of hydrogen-bond acceptors (Lipinski definition) is 5. The second-order valence-corrected chi connectivity index (χ2v) is 7.67. The van der Waals surface area contributed by atoms with Gasteiger partial charge in [-0.1, -0.05) is 24.3 Å². The SMILES string of the molecule is COc1ccc(CN2C(=O)C3CC(CN3C(=O)CCC(=O)O)Oc3ccccc32)cc1. The molecule has 4 rings (SSSR count). The van der Waals surface area contributed by atoms with E-state index in [0.717, 1.165) is 11.3 Å². The molecule has 8 heteroatoms. The quantitative estimate of drug-likeness (QED) is 0.765. The number of carbonyl (C=O) groups is 3. The molecule has 1 N–H and O–H groups in total. The van der Waals surface area contributed by atoms with Crippen molar-refractivity contribution in [2.75, 3.05) is 18.6 Å². The minimum absolute atomic E-state index is 0.142. The van der Waals surface area contributed by atoms with Crippen molar-refractivity contribution in [2.24, 2.45) is 0 Å². The fourth-order valence-electron chi connectivity index (χ4n) is 4.08. The van der Waals surface area contributed by atoms with Crippen molar-refractivity contribution in [1.82, 2.24) is 4.90 Å². The summed E-state index contributed by atoms with van der Waals surface area (Å²) in [5, 5.41) is 8.92. The summed E-state index contributed by atoms with van der Waals surface area (Å²) in [6, 6.07) is 14.1. The number of ether oxygens (including phenoxy) is 2. The normalized spacial score (nSPS) is 19.8. The van der Waals surface area contributed by atoms with E-state index in [9.17, 15) is 14.4 Å². The minimum Gasteiger partial charge on any atom is -0.497 e. The number of hydrogen-bond donors (Lipinski definition) is 1. The number of amides is 2. The van der Waals surface area contributed by atoms with Gasteiger partial charge in [-0.3, -0.25) is 14.4 Å². The molecule has 2 unspecified atom stereocenters. The average Bonchev–Trinajstić information content (AvgIpc) is 3.20. The number of carbonyl (C=O) groups excluding carboxylic acids is 2. The smallest absolute Gasteiger partial charge is 0.303 e. The Morgan fingerprint density at radius 1 is 1.13 bits per heavy atom. The molecule has 0 radical (unpaired) electrons. The van der Waals surface area contributed by atoms with E-state index < -0.39 is 12.0 Å². The van der Waals surface area contributed by atoms with Crippen LogP contribution in [0.3, 0.4) is 0 Å². The van der Waals surface area contributed by atoms with Crippen molar-refractivity contribution < 1.29 is 29.0 Å². The number of para-hydroxylation sites is 2. The molecular formula is C23H24N2O6. The highest BCUT2D eigenvalue weighted by Gasteiger charge is 2.44. The van der Waals surface area contributed by atoms with E-state index in [0.29, 0.717) is 24.4 Å². The van der Waals surface area contributed by atoms with Gasteiger partial charge in [0, 0.05) is 12.8 Å². The molecule has 0 aromatic heterocycles. The van der Waals surface area contributed by atoms with Gasteiger partial charge in [0.1, 0.15) is 23.6 Å². The predicted octanol–water partition coefficient (Wildman–Crippen LogP) is 2.46. The van der Waals surface area contributed by atoms with Crippen molar-refractivity contribution in [3.05, 3.63) is 54.1 Å². The Hall–Kier alpha value is -3.55. The third-order valence-electron chi connectivity index (χ3n) is 5.64. The maximum Gasteiger partial charge on any atom is 0.303 e. The van der Waals surface area contributed by atoms with Gasteiger partial charge in [0.2, 0.25) is 11.8 Å². The molecule has 2 aromatic carbocycles. The number of methoxy groups -OCH3 is 1. The first kappa shape index (κ1) is 20.7.